The van der Waals surface area contributed by atoms with Crippen molar-refractivity contribution in [1.82, 2.24) is 14.8 Å². The summed E-state index contributed by atoms with van der Waals surface area (Å²) in [6.45, 7) is 0. The highest BCUT2D eigenvalue weighted by molar-refractivity contribution is 5.91. The summed E-state index contributed by atoms with van der Waals surface area (Å²) in [5, 5.41) is 2.17. The lowest BCUT2D eigenvalue weighted by Crippen LogP contribution is -2.14. The van der Waals surface area contributed by atoms with Gasteiger partial charge in [0, 0.05) is 0 Å². The molecule has 0 spiro atoms. The van der Waals surface area contributed by atoms with Crippen LogP contribution in [0.3, 0.4) is 0 Å². The number of alkyl halides is 9. The first-order valence-electron chi connectivity index (χ1n) is 7.31. The van der Waals surface area contributed by atoms with E-state index in [4.69, 9.17) is 5.73 Å². The van der Waals surface area contributed by atoms with Gasteiger partial charge in [-0.2, -0.15) is 39.5 Å². The largest absolute Gasteiger partial charge is 0.433 e. The number of nitrogens with zero attached hydrogens (tertiary/aromatic N) is 3. The average molecular weight is 432 g/mol. The average Bonchev–Trinajstić information content (AvgIpc) is 2.88. The van der Waals surface area contributed by atoms with Gasteiger partial charge in [-0.05, 0) is 24.3 Å². The van der Waals surface area contributed by atoms with Crippen molar-refractivity contribution in [2.45, 2.75) is 18.5 Å². The Balaban J connectivity index is 2.41. The van der Waals surface area contributed by atoms with Crippen LogP contribution in [0.4, 0.5) is 49.7 Å². The SMILES string of the molecule is Nc1c2c(C(F)(F)F)cc(C(F)(F)F)nc2nn1-c1ccc(F)cc1C(F)(F)F. The van der Waals surface area contributed by atoms with Gasteiger partial charge in [0.2, 0.25) is 0 Å². The van der Waals surface area contributed by atoms with Crippen molar-refractivity contribution in [3.63, 3.8) is 0 Å². The molecule has 4 nitrogen and oxygen atoms in total. The van der Waals surface area contributed by atoms with E-state index in [0.717, 1.165) is 0 Å². The van der Waals surface area contributed by atoms with Gasteiger partial charge in [-0.25, -0.2) is 14.1 Å². The van der Waals surface area contributed by atoms with Crippen molar-refractivity contribution < 1.29 is 43.9 Å². The molecule has 0 fully saturated rings. The second-order valence-electron chi connectivity index (χ2n) is 5.71. The Labute approximate surface area is 153 Å². The molecule has 0 saturated carbocycles. The molecule has 0 bridgehead atoms. The van der Waals surface area contributed by atoms with Gasteiger partial charge in [-0.15, -0.1) is 5.10 Å². The Kier molecular flexibility index (Phi) is 4.43. The summed E-state index contributed by atoms with van der Waals surface area (Å²) in [5.74, 6) is -2.37. The summed E-state index contributed by atoms with van der Waals surface area (Å²) >= 11 is 0. The molecule has 0 aliphatic heterocycles. The molecule has 2 aromatic heterocycles. The molecule has 0 aliphatic rings. The van der Waals surface area contributed by atoms with Crippen molar-refractivity contribution in [1.29, 1.82) is 0 Å². The maximum Gasteiger partial charge on any atom is 0.433 e. The second kappa shape index (κ2) is 6.22. The Bertz CT molecular complexity index is 1090. The number of pyridine rings is 1. The van der Waals surface area contributed by atoms with Crippen LogP contribution < -0.4 is 5.73 Å². The summed E-state index contributed by atoms with van der Waals surface area (Å²) in [7, 11) is 0. The summed E-state index contributed by atoms with van der Waals surface area (Å²) in [6.07, 6.45) is -15.8. The van der Waals surface area contributed by atoms with Crippen LogP contribution in [-0.4, -0.2) is 14.8 Å². The van der Waals surface area contributed by atoms with E-state index in [0.29, 0.717) is 12.1 Å². The van der Waals surface area contributed by atoms with Gasteiger partial charge in [-0.3, -0.25) is 0 Å². The molecule has 0 aliphatic carbocycles. The number of hydrogen-bond donors (Lipinski definition) is 1. The third-order valence-corrected chi connectivity index (χ3v) is 3.77. The zero-order valence-corrected chi connectivity index (χ0v) is 13.5. The lowest BCUT2D eigenvalue weighted by atomic mass is 10.1. The van der Waals surface area contributed by atoms with E-state index in [2.05, 4.69) is 10.1 Å². The second-order valence-corrected chi connectivity index (χ2v) is 5.71. The van der Waals surface area contributed by atoms with Gasteiger partial charge < -0.3 is 5.73 Å². The summed E-state index contributed by atoms with van der Waals surface area (Å²) in [6, 6.07) is 0.800. The zero-order valence-electron chi connectivity index (χ0n) is 13.5. The number of fused-ring (bicyclic) bond motifs is 1. The third kappa shape index (κ3) is 3.65. The van der Waals surface area contributed by atoms with Gasteiger partial charge in [0.25, 0.3) is 0 Å². The Morgan fingerprint density at radius 3 is 1.90 bits per heavy atom. The van der Waals surface area contributed by atoms with Gasteiger partial charge in [0.15, 0.2) is 5.65 Å². The van der Waals surface area contributed by atoms with Crippen LogP contribution in [0.2, 0.25) is 0 Å². The van der Waals surface area contributed by atoms with E-state index in [-0.39, 0.29) is 16.8 Å². The van der Waals surface area contributed by atoms with Gasteiger partial charge in [0.05, 0.1) is 22.2 Å². The Hall–Kier alpha value is -3.06. The fraction of sp³-hybridized carbons (Fsp3) is 0.200. The van der Waals surface area contributed by atoms with Crippen LogP contribution in [0.1, 0.15) is 16.8 Å². The van der Waals surface area contributed by atoms with Crippen LogP contribution in [-0.2, 0) is 18.5 Å². The van der Waals surface area contributed by atoms with Crippen molar-refractivity contribution in [2.24, 2.45) is 0 Å². The minimum atomic E-state index is -5.35. The smallest absolute Gasteiger partial charge is 0.383 e. The first kappa shape index (κ1) is 20.7. The van der Waals surface area contributed by atoms with E-state index in [1.165, 1.54) is 0 Å². The van der Waals surface area contributed by atoms with Crippen molar-refractivity contribution >= 4 is 16.9 Å². The lowest BCUT2D eigenvalue weighted by Gasteiger charge is -2.14. The number of halogens is 10. The minimum Gasteiger partial charge on any atom is -0.383 e. The molecule has 0 radical (unpaired) electrons. The van der Waals surface area contributed by atoms with Gasteiger partial charge in [0.1, 0.15) is 17.3 Å². The highest BCUT2D eigenvalue weighted by Gasteiger charge is 2.41. The van der Waals surface area contributed by atoms with Crippen molar-refractivity contribution in [2.75, 3.05) is 5.73 Å². The molecule has 29 heavy (non-hydrogen) atoms. The normalized spacial score (nSPS) is 13.3. The first-order valence-corrected chi connectivity index (χ1v) is 7.31. The number of anilines is 1. The molecule has 3 aromatic rings. The fourth-order valence-electron chi connectivity index (χ4n) is 2.58. The van der Waals surface area contributed by atoms with E-state index < -0.39 is 63.7 Å². The number of benzene rings is 1. The molecule has 0 atom stereocenters. The molecule has 0 unspecified atom stereocenters. The van der Waals surface area contributed by atoms with Crippen molar-refractivity contribution in [3.05, 3.63) is 46.9 Å². The molecule has 3 rings (SSSR count). The Morgan fingerprint density at radius 1 is 0.793 bits per heavy atom. The molecule has 2 N–H and O–H groups in total. The van der Waals surface area contributed by atoms with Crippen LogP contribution in [0, 0.1) is 5.82 Å². The number of nitrogens with two attached hydrogens (primary N) is 1. The van der Waals surface area contributed by atoms with E-state index in [9.17, 15) is 43.9 Å². The van der Waals surface area contributed by atoms with Crippen molar-refractivity contribution in [3.8, 4) is 5.69 Å². The number of aromatic nitrogens is 3. The number of rotatable bonds is 1. The number of hydrogen-bond acceptors (Lipinski definition) is 3. The van der Waals surface area contributed by atoms with E-state index >= 15 is 0 Å². The molecule has 0 saturated heterocycles. The maximum absolute atomic E-state index is 13.3. The molecular formula is C15H6F10N4. The predicted octanol–water partition coefficient (Wildman–Crippen LogP) is 5.20. The van der Waals surface area contributed by atoms with Crippen LogP contribution in [0.15, 0.2) is 24.3 Å². The highest BCUT2D eigenvalue weighted by atomic mass is 19.4. The van der Waals surface area contributed by atoms with Crippen LogP contribution >= 0.6 is 0 Å². The minimum absolute atomic E-state index is 0.0420. The fourth-order valence-corrected chi connectivity index (χ4v) is 2.58. The topological polar surface area (TPSA) is 56.7 Å². The summed E-state index contributed by atoms with van der Waals surface area (Å²) < 4.78 is 132. The zero-order chi connectivity index (χ0) is 21.9. The summed E-state index contributed by atoms with van der Waals surface area (Å²) in [5.41, 5.74) is -2.16. The maximum atomic E-state index is 13.3. The monoisotopic (exact) mass is 432 g/mol. The Morgan fingerprint density at radius 2 is 1.38 bits per heavy atom. The van der Waals surface area contributed by atoms with E-state index in [1.807, 2.05) is 0 Å². The van der Waals surface area contributed by atoms with Gasteiger partial charge >= 0.3 is 18.5 Å². The van der Waals surface area contributed by atoms with Crippen LogP contribution in [0.5, 0.6) is 0 Å². The first-order chi connectivity index (χ1) is 13.1. The predicted molar refractivity (Wildman–Crippen MR) is 78.2 cm³/mol. The van der Waals surface area contributed by atoms with E-state index in [1.54, 1.807) is 0 Å². The lowest BCUT2D eigenvalue weighted by molar-refractivity contribution is -0.144. The van der Waals surface area contributed by atoms with Gasteiger partial charge in [-0.1, -0.05) is 0 Å². The molecule has 0 amide bonds. The third-order valence-electron chi connectivity index (χ3n) is 3.77. The molecule has 156 valence electrons. The quantitative estimate of drug-likeness (QED) is 0.538. The molecular weight excluding hydrogens is 426 g/mol. The molecule has 1 aromatic carbocycles. The number of nitrogen functional groups attached to an aromatic ring is 1. The highest BCUT2D eigenvalue weighted by Crippen LogP contribution is 2.42. The molecule has 2 heterocycles. The molecule has 14 heteroatoms. The summed E-state index contributed by atoms with van der Waals surface area (Å²) in [4.78, 5) is 2.94. The van der Waals surface area contributed by atoms with Crippen LogP contribution in [0.25, 0.3) is 16.7 Å². The standard InChI is InChI=1S/C15H6F10N4/c16-5-1-2-8(6(3-5)13(17,18)19)29-11(26)10-7(14(20,21)22)4-9(15(23,24)25)27-12(10)28-29/h1-4H,26H2.